The van der Waals surface area contributed by atoms with E-state index in [1.165, 1.54) is 33.5 Å². The van der Waals surface area contributed by atoms with Crippen molar-refractivity contribution < 1.29 is 0 Å². The topological polar surface area (TPSA) is 40.7 Å². The Labute approximate surface area is 120 Å². The van der Waals surface area contributed by atoms with E-state index in [4.69, 9.17) is 0 Å². The van der Waals surface area contributed by atoms with Gasteiger partial charge in [0.05, 0.1) is 17.6 Å². The highest BCUT2D eigenvalue weighted by Gasteiger charge is 2.38. The van der Waals surface area contributed by atoms with Gasteiger partial charge in [0.15, 0.2) is 0 Å². The van der Waals surface area contributed by atoms with Crippen molar-refractivity contribution in [1.29, 1.82) is 0 Å². The number of imidazole rings is 1. The number of nitrogens with zero attached hydrogens (tertiary/aromatic N) is 1. The van der Waals surface area contributed by atoms with Crippen molar-refractivity contribution >= 4 is 0 Å². The Hall–Kier alpha value is -1.61. The van der Waals surface area contributed by atoms with Crippen LogP contribution in [0.4, 0.5) is 0 Å². The van der Waals surface area contributed by atoms with Crippen LogP contribution in [0.15, 0.2) is 12.4 Å². The summed E-state index contributed by atoms with van der Waals surface area (Å²) in [6.45, 7) is 12.1. The van der Waals surface area contributed by atoms with Crippen molar-refractivity contribution in [2.24, 2.45) is 0 Å². The van der Waals surface area contributed by atoms with Gasteiger partial charge >= 0.3 is 0 Å². The second-order valence-corrected chi connectivity index (χ2v) is 6.17. The third kappa shape index (κ3) is 1.73. The summed E-state index contributed by atoms with van der Waals surface area (Å²) in [5.74, 6) is 0. The van der Waals surface area contributed by atoms with Gasteiger partial charge in [0.25, 0.3) is 0 Å². The van der Waals surface area contributed by atoms with Crippen LogP contribution in [0.5, 0.6) is 0 Å². The zero-order valence-corrected chi connectivity index (χ0v) is 13.0. The van der Waals surface area contributed by atoms with Crippen molar-refractivity contribution in [3.63, 3.8) is 0 Å². The van der Waals surface area contributed by atoms with Crippen LogP contribution in [0.25, 0.3) is 0 Å². The normalized spacial score (nSPS) is 21.9. The maximum atomic E-state index is 4.61. The highest BCUT2D eigenvalue weighted by molar-refractivity contribution is 5.52. The van der Waals surface area contributed by atoms with E-state index in [-0.39, 0.29) is 5.54 Å². The lowest BCUT2D eigenvalue weighted by Gasteiger charge is -2.37. The Morgan fingerprint density at radius 2 is 1.75 bits per heavy atom. The van der Waals surface area contributed by atoms with Gasteiger partial charge in [0.2, 0.25) is 0 Å². The summed E-state index contributed by atoms with van der Waals surface area (Å²) in [5, 5.41) is 3.71. The maximum absolute atomic E-state index is 4.61. The van der Waals surface area contributed by atoms with Crippen LogP contribution in [-0.2, 0) is 12.0 Å². The fourth-order valence-corrected chi connectivity index (χ4v) is 3.64. The second-order valence-electron chi connectivity index (χ2n) is 6.17. The minimum atomic E-state index is -0.196. The van der Waals surface area contributed by atoms with Crippen molar-refractivity contribution in [2.45, 2.75) is 46.6 Å². The summed E-state index contributed by atoms with van der Waals surface area (Å²) in [6, 6.07) is 2.28. The number of H-pyrrole nitrogens is 1. The monoisotopic (exact) mass is 269 g/mol. The minimum Gasteiger partial charge on any atom is -0.348 e. The zero-order chi connectivity index (χ0) is 14.5. The molecule has 2 N–H and O–H groups in total. The summed E-state index contributed by atoms with van der Waals surface area (Å²) in [7, 11) is 0. The molecular formula is C17H23N3. The number of fused-ring (bicyclic) bond motifs is 1. The largest absolute Gasteiger partial charge is 0.348 e. The molecule has 1 unspecified atom stereocenters. The van der Waals surface area contributed by atoms with Crippen molar-refractivity contribution in [2.75, 3.05) is 6.54 Å². The van der Waals surface area contributed by atoms with Crippen LogP contribution in [0.3, 0.4) is 0 Å². The van der Waals surface area contributed by atoms with Gasteiger partial charge in [-0.15, -0.1) is 0 Å². The Kier molecular flexibility index (Phi) is 2.98. The van der Waals surface area contributed by atoms with E-state index in [1.54, 1.807) is 0 Å². The fraction of sp³-hybridized carbons (Fsp3) is 0.471. The second kappa shape index (κ2) is 4.45. The van der Waals surface area contributed by atoms with Gasteiger partial charge in [-0.25, -0.2) is 4.98 Å². The number of benzene rings is 1. The first kappa shape index (κ1) is 13.4. The predicted octanol–water partition coefficient (Wildman–Crippen LogP) is 3.05. The van der Waals surface area contributed by atoms with E-state index in [0.29, 0.717) is 0 Å². The van der Waals surface area contributed by atoms with Crippen molar-refractivity contribution in [3.05, 3.63) is 51.6 Å². The first-order valence-electron chi connectivity index (χ1n) is 7.30. The van der Waals surface area contributed by atoms with E-state index in [1.807, 2.05) is 6.33 Å². The molecule has 3 heteroatoms. The van der Waals surface area contributed by atoms with E-state index < -0.39 is 0 Å². The van der Waals surface area contributed by atoms with Crippen LogP contribution in [0.1, 0.15) is 46.1 Å². The zero-order valence-electron chi connectivity index (χ0n) is 13.0. The average molecular weight is 269 g/mol. The molecule has 0 spiro atoms. The van der Waals surface area contributed by atoms with Crippen molar-refractivity contribution in [1.82, 2.24) is 15.3 Å². The Morgan fingerprint density at radius 3 is 2.40 bits per heavy atom. The SMILES string of the molecule is Cc1cc(C)c(C)c(C2(C)NCCc3[nH]cnc32)c1C. The summed E-state index contributed by atoms with van der Waals surface area (Å²) < 4.78 is 0. The van der Waals surface area contributed by atoms with Crippen LogP contribution >= 0.6 is 0 Å². The molecule has 106 valence electrons. The minimum absolute atomic E-state index is 0.196. The molecule has 2 aromatic rings. The molecule has 0 radical (unpaired) electrons. The average Bonchev–Trinajstić information content (AvgIpc) is 2.87. The molecule has 0 amide bonds. The van der Waals surface area contributed by atoms with Gasteiger partial charge in [0.1, 0.15) is 0 Å². The molecule has 0 saturated heterocycles. The number of nitrogens with one attached hydrogen (secondary N) is 2. The lowest BCUT2D eigenvalue weighted by Crippen LogP contribution is -2.47. The molecule has 3 rings (SSSR count). The van der Waals surface area contributed by atoms with Gasteiger partial charge < -0.3 is 10.3 Å². The molecule has 1 atom stereocenters. The number of aromatic amines is 1. The summed E-state index contributed by atoms with van der Waals surface area (Å²) in [6.07, 6.45) is 2.84. The maximum Gasteiger partial charge on any atom is 0.0926 e. The summed E-state index contributed by atoms with van der Waals surface area (Å²) in [4.78, 5) is 7.91. The van der Waals surface area contributed by atoms with Crippen molar-refractivity contribution in [3.8, 4) is 0 Å². The first-order chi connectivity index (χ1) is 9.45. The molecule has 1 aliphatic heterocycles. The Morgan fingerprint density at radius 1 is 1.10 bits per heavy atom. The molecule has 0 saturated carbocycles. The molecule has 1 aromatic heterocycles. The van der Waals surface area contributed by atoms with Gasteiger partial charge in [-0.1, -0.05) is 6.07 Å². The number of hydrogen-bond donors (Lipinski definition) is 2. The summed E-state index contributed by atoms with van der Waals surface area (Å²) in [5.41, 5.74) is 9.08. The summed E-state index contributed by atoms with van der Waals surface area (Å²) >= 11 is 0. The lowest BCUT2D eigenvalue weighted by atomic mass is 9.77. The van der Waals surface area contributed by atoms with Gasteiger partial charge in [-0.3, -0.25) is 0 Å². The molecule has 0 aliphatic carbocycles. The van der Waals surface area contributed by atoms with Gasteiger partial charge in [-0.2, -0.15) is 0 Å². The fourth-order valence-electron chi connectivity index (χ4n) is 3.64. The molecule has 0 fully saturated rings. The van der Waals surface area contributed by atoms with Crippen LogP contribution in [0.2, 0.25) is 0 Å². The molecule has 3 nitrogen and oxygen atoms in total. The Balaban J connectivity index is 2.30. The molecule has 1 aliphatic rings. The van der Waals surface area contributed by atoms with Crippen LogP contribution in [-0.4, -0.2) is 16.5 Å². The standard InChI is InChI=1S/C17H23N3/c1-10-8-11(2)13(4)15(12(10)3)17(5)16-14(6-7-20-17)18-9-19-16/h8-9,20H,6-7H2,1-5H3,(H,18,19). The highest BCUT2D eigenvalue weighted by atomic mass is 15.1. The van der Waals surface area contributed by atoms with E-state index >= 15 is 0 Å². The number of aromatic nitrogens is 2. The van der Waals surface area contributed by atoms with E-state index in [2.05, 4.69) is 56.0 Å². The van der Waals surface area contributed by atoms with Crippen LogP contribution < -0.4 is 5.32 Å². The highest BCUT2D eigenvalue weighted by Crippen LogP contribution is 2.38. The first-order valence-corrected chi connectivity index (χ1v) is 7.30. The third-order valence-electron chi connectivity index (χ3n) is 4.91. The third-order valence-corrected chi connectivity index (χ3v) is 4.91. The molecular weight excluding hydrogens is 246 g/mol. The van der Waals surface area contributed by atoms with E-state index in [0.717, 1.165) is 18.7 Å². The quantitative estimate of drug-likeness (QED) is 0.835. The number of aryl methyl sites for hydroxylation is 2. The predicted molar refractivity (Wildman–Crippen MR) is 82.1 cm³/mol. The molecule has 0 bridgehead atoms. The van der Waals surface area contributed by atoms with Gasteiger partial charge in [0, 0.05) is 18.7 Å². The smallest absolute Gasteiger partial charge is 0.0926 e. The molecule has 1 aromatic carbocycles. The lowest BCUT2D eigenvalue weighted by molar-refractivity contribution is 0.399. The molecule has 2 heterocycles. The number of hydrogen-bond acceptors (Lipinski definition) is 2. The number of rotatable bonds is 1. The van der Waals surface area contributed by atoms with E-state index in [9.17, 15) is 0 Å². The molecule has 20 heavy (non-hydrogen) atoms. The Bertz CT molecular complexity index is 643. The van der Waals surface area contributed by atoms with Gasteiger partial charge in [-0.05, 0) is 62.4 Å². The van der Waals surface area contributed by atoms with Crippen LogP contribution in [0, 0.1) is 27.7 Å².